The zero-order chi connectivity index (χ0) is 15.5. The maximum absolute atomic E-state index is 12.2. The van der Waals surface area contributed by atoms with E-state index in [1.165, 1.54) is 0 Å². The van der Waals surface area contributed by atoms with E-state index in [2.05, 4.69) is 19.2 Å². The average Bonchev–Trinajstić information content (AvgIpc) is 3.13. The number of ether oxygens (including phenoxy) is 1. The zero-order valence-corrected chi connectivity index (χ0v) is 13.2. The van der Waals surface area contributed by atoms with Crippen molar-refractivity contribution in [3.8, 4) is 0 Å². The van der Waals surface area contributed by atoms with Crippen LogP contribution in [0.2, 0.25) is 0 Å². The lowest BCUT2D eigenvalue weighted by molar-refractivity contribution is -0.121. The van der Waals surface area contributed by atoms with Crippen molar-refractivity contribution in [2.75, 3.05) is 13.2 Å². The maximum Gasteiger partial charge on any atom is 0.240 e. The Balaban J connectivity index is 1.88. The van der Waals surface area contributed by atoms with Gasteiger partial charge in [-0.05, 0) is 30.9 Å². The second-order valence-electron chi connectivity index (χ2n) is 6.24. The highest BCUT2D eigenvalue weighted by Gasteiger charge is 2.25. The van der Waals surface area contributed by atoms with Gasteiger partial charge in [0, 0.05) is 13.2 Å². The third-order valence-electron chi connectivity index (χ3n) is 3.91. The van der Waals surface area contributed by atoms with E-state index in [-0.39, 0.29) is 12.0 Å². The fraction of sp³-hybridized carbons (Fsp3) is 0.529. The molecule has 1 unspecified atom stereocenters. The van der Waals surface area contributed by atoms with Gasteiger partial charge >= 0.3 is 0 Å². The lowest BCUT2D eigenvalue weighted by atomic mass is 10.2. The van der Waals surface area contributed by atoms with E-state index in [4.69, 9.17) is 9.72 Å². The normalized spacial score (nSPS) is 18.2. The van der Waals surface area contributed by atoms with E-state index >= 15 is 0 Å². The van der Waals surface area contributed by atoms with Gasteiger partial charge in [0.05, 0.1) is 11.0 Å². The average molecular weight is 301 g/mol. The molecule has 0 radical (unpaired) electrons. The van der Waals surface area contributed by atoms with Gasteiger partial charge in [0.25, 0.3) is 0 Å². The van der Waals surface area contributed by atoms with E-state index in [0.29, 0.717) is 19.0 Å². The number of para-hydroxylation sites is 2. The molecule has 5 heteroatoms. The van der Waals surface area contributed by atoms with Crippen molar-refractivity contribution < 1.29 is 9.53 Å². The number of amides is 1. The van der Waals surface area contributed by atoms with E-state index < -0.39 is 0 Å². The summed E-state index contributed by atoms with van der Waals surface area (Å²) in [5, 5.41) is 2.97. The summed E-state index contributed by atoms with van der Waals surface area (Å²) in [6.45, 7) is 5.94. The number of aromatic nitrogens is 2. The Bertz CT molecular complexity index is 657. The van der Waals surface area contributed by atoms with E-state index in [1.54, 1.807) is 0 Å². The largest absolute Gasteiger partial charge is 0.370 e. The van der Waals surface area contributed by atoms with Crippen LogP contribution in [0.3, 0.4) is 0 Å². The van der Waals surface area contributed by atoms with Crippen LogP contribution in [-0.2, 0) is 16.1 Å². The van der Waals surface area contributed by atoms with Gasteiger partial charge in [-0.25, -0.2) is 4.98 Å². The van der Waals surface area contributed by atoms with Crippen LogP contribution in [0.1, 0.15) is 38.6 Å². The van der Waals surface area contributed by atoms with E-state index in [9.17, 15) is 4.79 Å². The topological polar surface area (TPSA) is 56.2 Å². The summed E-state index contributed by atoms with van der Waals surface area (Å²) < 4.78 is 7.77. The number of carbonyl (C=O) groups excluding carboxylic acids is 1. The van der Waals surface area contributed by atoms with E-state index in [0.717, 1.165) is 36.3 Å². The van der Waals surface area contributed by atoms with Crippen molar-refractivity contribution in [3.05, 3.63) is 30.1 Å². The lowest BCUT2D eigenvalue weighted by Gasteiger charge is -2.14. The second-order valence-corrected chi connectivity index (χ2v) is 6.24. The quantitative estimate of drug-likeness (QED) is 0.923. The molecule has 0 spiro atoms. The molecular weight excluding hydrogens is 278 g/mol. The summed E-state index contributed by atoms with van der Waals surface area (Å²) >= 11 is 0. The highest BCUT2D eigenvalue weighted by molar-refractivity contribution is 5.81. The molecule has 1 atom stereocenters. The van der Waals surface area contributed by atoms with Crippen molar-refractivity contribution in [3.63, 3.8) is 0 Å². The van der Waals surface area contributed by atoms with Crippen LogP contribution in [0, 0.1) is 5.92 Å². The first kappa shape index (κ1) is 15.0. The Labute approximate surface area is 130 Å². The minimum atomic E-state index is 0.00491. The second kappa shape index (κ2) is 6.48. The molecule has 1 aliphatic rings. The number of benzene rings is 1. The minimum Gasteiger partial charge on any atom is -0.370 e. The molecule has 0 bridgehead atoms. The number of hydrogen-bond acceptors (Lipinski definition) is 3. The first-order valence-corrected chi connectivity index (χ1v) is 7.98. The fourth-order valence-corrected chi connectivity index (χ4v) is 2.80. The number of imidazole rings is 1. The van der Waals surface area contributed by atoms with Gasteiger partial charge in [0.2, 0.25) is 5.91 Å². The molecule has 1 aromatic heterocycles. The Hall–Kier alpha value is -1.88. The number of hydrogen-bond donors (Lipinski definition) is 1. The van der Waals surface area contributed by atoms with Crippen molar-refractivity contribution in [1.29, 1.82) is 0 Å². The van der Waals surface area contributed by atoms with Gasteiger partial charge in [0.1, 0.15) is 18.5 Å². The summed E-state index contributed by atoms with van der Waals surface area (Å²) in [6.07, 6.45) is 2.02. The molecule has 0 saturated carbocycles. The van der Waals surface area contributed by atoms with Crippen LogP contribution >= 0.6 is 0 Å². The van der Waals surface area contributed by atoms with Crippen LogP contribution in [0.25, 0.3) is 11.0 Å². The number of carbonyl (C=O) groups is 1. The molecule has 1 fully saturated rings. The summed E-state index contributed by atoms with van der Waals surface area (Å²) in [5.41, 5.74) is 1.91. The van der Waals surface area contributed by atoms with E-state index in [1.807, 2.05) is 28.8 Å². The van der Waals surface area contributed by atoms with Crippen LogP contribution < -0.4 is 5.32 Å². The van der Waals surface area contributed by atoms with Crippen molar-refractivity contribution in [1.82, 2.24) is 14.9 Å². The maximum atomic E-state index is 12.2. The summed E-state index contributed by atoms with van der Waals surface area (Å²) in [5.74, 6) is 1.34. The molecule has 1 amide bonds. The molecule has 1 saturated heterocycles. The Morgan fingerprint density at radius 3 is 3.00 bits per heavy atom. The first-order chi connectivity index (χ1) is 10.6. The molecule has 1 aliphatic heterocycles. The molecule has 1 aromatic carbocycles. The molecule has 5 nitrogen and oxygen atoms in total. The standard InChI is InChI=1S/C17H23N3O2/c1-12(2)10-18-16(21)11-20-14-7-4-3-6-13(14)19-17(20)15-8-5-9-22-15/h3-4,6-7,12,15H,5,8-11H2,1-2H3,(H,18,21). The third-order valence-corrected chi connectivity index (χ3v) is 3.91. The minimum absolute atomic E-state index is 0.00491. The SMILES string of the molecule is CC(C)CNC(=O)Cn1c(C2CCCO2)nc2ccccc21. The number of rotatable bonds is 5. The van der Waals surface area contributed by atoms with Crippen molar-refractivity contribution >= 4 is 16.9 Å². The monoisotopic (exact) mass is 301 g/mol. The Kier molecular flexibility index (Phi) is 4.43. The number of fused-ring (bicyclic) bond motifs is 1. The van der Waals surface area contributed by atoms with Gasteiger partial charge in [-0.1, -0.05) is 26.0 Å². The van der Waals surface area contributed by atoms with Crippen molar-refractivity contribution in [2.45, 2.75) is 39.3 Å². The van der Waals surface area contributed by atoms with Gasteiger partial charge in [0.15, 0.2) is 0 Å². The molecule has 1 N–H and O–H groups in total. The smallest absolute Gasteiger partial charge is 0.240 e. The number of nitrogens with one attached hydrogen (secondary N) is 1. The number of nitrogens with zero attached hydrogens (tertiary/aromatic N) is 2. The predicted octanol–water partition coefficient (Wildman–Crippen LogP) is 2.66. The molecule has 2 aromatic rings. The predicted molar refractivity (Wildman–Crippen MR) is 85.5 cm³/mol. The summed E-state index contributed by atoms with van der Waals surface area (Å²) in [6, 6.07) is 7.94. The highest BCUT2D eigenvalue weighted by Crippen LogP contribution is 2.30. The van der Waals surface area contributed by atoms with Crippen LogP contribution in [-0.4, -0.2) is 28.6 Å². The first-order valence-electron chi connectivity index (χ1n) is 7.98. The van der Waals surface area contributed by atoms with Crippen molar-refractivity contribution in [2.24, 2.45) is 5.92 Å². The van der Waals surface area contributed by atoms with Gasteiger partial charge < -0.3 is 14.6 Å². The molecule has 118 valence electrons. The fourth-order valence-electron chi connectivity index (χ4n) is 2.80. The molecule has 22 heavy (non-hydrogen) atoms. The third kappa shape index (κ3) is 3.14. The van der Waals surface area contributed by atoms with Gasteiger partial charge in [-0.2, -0.15) is 0 Å². The van der Waals surface area contributed by atoms with Crippen LogP contribution in [0.4, 0.5) is 0 Å². The van der Waals surface area contributed by atoms with Gasteiger partial charge in [-0.3, -0.25) is 4.79 Å². The van der Waals surface area contributed by atoms with Crippen LogP contribution in [0.15, 0.2) is 24.3 Å². The Morgan fingerprint density at radius 1 is 1.45 bits per heavy atom. The zero-order valence-electron chi connectivity index (χ0n) is 13.2. The summed E-state index contributed by atoms with van der Waals surface area (Å²) in [4.78, 5) is 16.9. The molecular formula is C17H23N3O2. The Morgan fingerprint density at radius 2 is 2.27 bits per heavy atom. The van der Waals surface area contributed by atoms with Crippen LogP contribution in [0.5, 0.6) is 0 Å². The lowest BCUT2D eigenvalue weighted by Crippen LogP contribution is -2.31. The summed E-state index contributed by atoms with van der Waals surface area (Å²) in [7, 11) is 0. The highest BCUT2D eigenvalue weighted by atomic mass is 16.5. The molecule has 0 aliphatic carbocycles. The van der Waals surface area contributed by atoms with Gasteiger partial charge in [-0.15, -0.1) is 0 Å². The molecule has 2 heterocycles. The molecule has 3 rings (SSSR count).